The summed E-state index contributed by atoms with van der Waals surface area (Å²) in [6.45, 7) is 2.19. The normalized spacial score (nSPS) is 28.8. The first-order valence-corrected chi connectivity index (χ1v) is 4.71. The van der Waals surface area contributed by atoms with E-state index in [0.29, 0.717) is 5.92 Å². The second kappa shape index (κ2) is 4.29. The second-order valence-electron chi connectivity index (χ2n) is 3.52. The van der Waals surface area contributed by atoms with Crippen LogP contribution in [0.25, 0.3) is 0 Å². The van der Waals surface area contributed by atoms with Gasteiger partial charge in [-0.05, 0) is 25.2 Å². The van der Waals surface area contributed by atoms with Gasteiger partial charge in [0.2, 0.25) is 5.91 Å². The molecule has 2 N–H and O–H groups in total. The average Bonchev–Trinajstić information content (AvgIpc) is 2.06. The predicted molar refractivity (Wildman–Crippen MR) is 49.5 cm³/mol. The van der Waals surface area contributed by atoms with Crippen LogP contribution in [0.1, 0.15) is 32.6 Å². The van der Waals surface area contributed by atoms with E-state index < -0.39 is 0 Å². The fourth-order valence-corrected chi connectivity index (χ4v) is 1.73. The van der Waals surface area contributed by atoms with Crippen molar-refractivity contribution < 1.29 is 4.79 Å². The summed E-state index contributed by atoms with van der Waals surface area (Å²) in [6, 6.07) is 0. The molecule has 1 aliphatic rings. The lowest BCUT2D eigenvalue weighted by Gasteiger charge is -2.19. The van der Waals surface area contributed by atoms with Crippen molar-refractivity contribution in [2.45, 2.75) is 32.6 Å². The molecule has 68 valence electrons. The topological polar surface area (TPSA) is 43.1 Å². The molecule has 2 nitrogen and oxygen atoms in total. The van der Waals surface area contributed by atoms with Gasteiger partial charge in [0.15, 0.2) is 0 Å². The van der Waals surface area contributed by atoms with Crippen molar-refractivity contribution in [1.82, 2.24) is 0 Å². The zero-order valence-electron chi connectivity index (χ0n) is 7.62. The molecule has 2 atom stereocenters. The van der Waals surface area contributed by atoms with Gasteiger partial charge in [-0.3, -0.25) is 4.79 Å². The summed E-state index contributed by atoms with van der Waals surface area (Å²) in [5.74, 6) is 0.505. The van der Waals surface area contributed by atoms with Crippen LogP contribution in [0, 0.1) is 11.8 Å². The fourth-order valence-electron chi connectivity index (χ4n) is 1.73. The number of hydrogen-bond donors (Lipinski definition) is 1. The van der Waals surface area contributed by atoms with Gasteiger partial charge in [0.1, 0.15) is 0 Å². The van der Waals surface area contributed by atoms with E-state index in [-0.39, 0.29) is 11.8 Å². The van der Waals surface area contributed by atoms with Gasteiger partial charge < -0.3 is 5.73 Å². The molecule has 0 fully saturated rings. The minimum atomic E-state index is -0.179. The molecule has 0 saturated heterocycles. The molecule has 1 amide bonds. The van der Waals surface area contributed by atoms with Gasteiger partial charge in [0, 0.05) is 0 Å². The van der Waals surface area contributed by atoms with Crippen LogP contribution < -0.4 is 5.73 Å². The highest BCUT2D eigenvalue weighted by molar-refractivity contribution is 5.78. The van der Waals surface area contributed by atoms with Crippen LogP contribution in [0.4, 0.5) is 0 Å². The minimum absolute atomic E-state index is 0.00175. The molecule has 1 rings (SSSR count). The number of carbonyl (C=O) groups excluding carboxylic acids is 1. The van der Waals surface area contributed by atoms with E-state index in [1.54, 1.807) is 0 Å². The first-order valence-electron chi connectivity index (χ1n) is 4.71. The Labute approximate surface area is 73.8 Å². The summed E-state index contributed by atoms with van der Waals surface area (Å²) >= 11 is 0. The number of allylic oxidation sites excluding steroid dienone is 1. The van der Waals surface area contributed by atoms with E-state index in [0.717, 1.165) is 12.8 Å². The molecule has 0 aromatic rings. The van der Waals surface area contributed by atoms with Crippen molar-refractivity contribution in [3.63, 3.8) is 0 Å². The number of primary amides is 1. The highest BCUT2D eigenvalue weighted by Crippen LogP contribution is 2.24. The Kier molecular flexibility index (Phi) is 3.32. The number of nitrogens with two attached hydrogens (primary N) is 1. The Morgan fingerprint density at radius 1 is 1.50 bits per heavy atom. The van der Waals surface area contributed by atoms with Gasteiger partial charge in [0.05, 0.1) is 5.92 Å². The molecule has 2 heteroatoms. The van der Waals surface area contributed by atoms with Crippen molar-refractivity contribution >= 4 is 5.91 Å². The van der Waals surface area contributed by atoms with Crippen molar-refractivity contribution in [3.05, 3.63) is 12.2 Å². The monoisotopic (exact) mass is 167 g/mol. The quantitative estimate of drug-likeness (QED) is 0.640. The minimum Gasteiger partial charge on any atom is -0.369 e. The van der Waals surface area contributed by atoms with Crippen molar-refractivity contribution in [1.29, 1.82) is 0 Å². The lowest BCUT2D eigenvalue weighted by atomic mass is 9.86. The van der Waals surface area contributed by atoms with Crippen LogP contribution >= 0.6 is 0 Å². The van der Waals surface area contributed by atoms with Gasteiger partial charge in [0.25, 0.3) is 0 Å². The van der Waals surface area contributed by atoms with E-state index in [1.807, 2.05) is 6.08 Å². The molecule has 0 radical (unpaired) electrons. The molecule has 12 heavy (non-hydrogen) atoms. The number of carbonyl (C=O) groups is 1. The molecule has 0 heterocycles. The van der Waals surface area contributed by atoms with Crippen LogP contribution in [0.15, 0.2) is 12.2 Å². The highest BCUT2D eigenvalue weighted by atomic mass is 16.1. The first-order chi connectivity index (χ1) is 5.74. The average molecular weight is 167 g/mol. The highest BCUT2D eigenvalue weighted by Gasteiger charge is 2.18. The maximum Gasteiger partial charge on any atom is 0.224 e. The van der Waals surface area contributed by atoms with Gasteiger partial charge in [-0.2, -0.15) is 0 Å². The Morgan fingerprint density at radius 2 is 2.25 bits per heavy atom. The van der Waals surface area contributed by atoms with Crippen LogP contribution in [0.5, 0.6) is 0 Å². The Hall–Kier alpha value is -0.790. The largest absolute Gasteiger partial charge is 0.369 e. The maximum absolute atomic E-state index is 10.8. The second-order valence-corrected chi connectivity index (χ2v) is 3.52. The van der Waals surface area contributed by atoms with E-state index in [4.69, 9.17) is 5.73 Å². The summed E-state index contributed by atoms with van der Waals surface area (Å²) in [5.41, 5.74) is 5.20. The van der Waals surface area contributed by atoms with Crippen molar-refractivity contribution in [3.8, 4) is 0 Å². The number of amides is 1. The zero-order valence-corrected chi connectivity index (χ0v) is 7.62. The van der Waals surface area contributed by atoms with Crippen LogP contribution in [-0.4, -0.2) is 5.91 Å². The molecular weight excluding hydrogens is 150 g/mol. The summed E-state index contributed by atoms with van der Waals surface area (Å²) in [4.78, 5) is 10.8. The predicted octanol–water partition coefficient (Wildman–Crippen LogP) is 1.85. The van der Waals surface area contributed by atoms with Crippen LogP contribution in [0.2, 0.25) is 0 Å². The van der Waals surface area contributed by atoms with Gasteiger partial charge >= 0.3 is 0 Å². The zero-order chi connectivity index (χ0) is 8.97. The van der Waals surface area contributed by atoms with E-state index in [9.17, 15) is 4.79 Å². The third-order valence-electron chi connectivity index (χ3n) is 2.49. The van der Waals surface area contributed by atoms with Crippen LogP contribution in [0.3, 0.4) is 0 Å². The van der Waals surface area contributed by atoms with Gasteiger partial charge in [-0.1, -0.05) is 25.5 Å². The summed E-state index contributed by atoms with van der Waals surface area (Å²) in [6.07, 6.45) is 8.65. The molecule has 1 aliphatic carbocycles. The molecule has 0 saturated carbocycles. The lowest BCUT2D eigenvalue weighted by molar-refractivity contribution is -0.120. The first kappa shape index (κ1) is 9.30. The SMILES string of the molecule is CCCC1C=CC(C(N)=O)CC1. The molecular formula is C10H17NO. The maximum atomic E-state index is 10.8. The van der Waals surface area contributed by atoms with Crippen molar-refractivity contribution in [2.24, 2.45) is 17.6 Å². The molecule has 0 spiro atoms. The van der Waals surface area contributed by atoms with Gasteiger partial charge in [-0.15, -0.1) is 0 Å². The molecule has 0 aliphatic heterocycles. The van der Waals surface area contributed by atoms with E-state index in [2.05, 4.69) is 13.0 Å². The van der Waals surface area contributed by atoms with Crippen LogP contribution in [-0.2, 0) is 4.79 Å². The molecule has 0 bridgehead atoms. The summed E-state index contributed by atoms with van der Waals surface area (Å²) < 4.78 is 0. The Bertz CT molecular complexity index is 186. The molecule has 0 aromatic heterocycles. The summed E-state index contributed by atoms with van der Waals surface area (Å²) in [7, 11) is 0. The smallest absolute Gasteiger partial charge is 0.224 e. The third kappa shape index (κ3) is 2.36. The van der Waals surface area contributed by atoms with Crippen molar-refractivity contribution in [2.75, 3.05) is 0 Å². The Morgan fingerprint density at radius 3 is 2.67 bits per heavy atom. The Balaban J connectivity index is 2.42. The lowest BCUT2D eigenvalue weighted by Crippen LogP contribution is -2.24. The molecule has 0 aromatic carbocycles. The summed E-state index contributed by atoms with van der Waals surface area (Å²) in [5, 5.41) is 0. The van der Waals surface area contributed by atoms with Gasteiger partial charge in [-0.25, -0.2) is 0 Å². The molecule has 2 unspecified atom stereocenters. The fraction of sp³-hybridized carbons (Fsp3) is 0.700. The number of rotatable bonds is 3. The third-order valence-corrected chi connectivity index (χ3v) is 2.49. The van der Waals surface area contributed by atoms with E-state index >= 15 is 0 Å². The van der Waals surface area contributed by atoms with E-state index in [1.165, 1.54) is 12.8 Å². The standard InChI is InChI=1S/C10H17NO/c1-2-3-8-4-6-9(7-5-8)10(11)12/h4,6,8-9H,2-3,5,7H2,1H3,(H2,11,12). The number of hydrogen-bond acceptors (Lipinski definition) is 1.